The number of halogens is 3. The number of rotatable bonds is 5. The molecule has 0 aliphatic heterocycles. The molecule has 2 atom stereocenters. The normalized spacial score (nSPS) is 15.1. The van der Waals surface area contributed by atoms with Crippen LogP contribution in [0.3, 0.4) is 0 Å². The number of sulfonamides is 1. The first-order valence-corrected chi connectivity index (χ1v) is 8.10. The van der Waals surface area contributed by atoms with Crippen LogP contribution in [-0.2, 0) is 10.0 Å². The van der Waals surface area contributed by atoms with Gasteiger partial charge in [0, 0.05) is 6.04 Å². The predicted octanol–water partition coefficient (Wildman–Crippen LogP) is 3.96. The Balaban J connectivity index is 2.42. The van der Waals surface area contributed by atoms with Crippen molar-refractivity contribution in [3.8, 4) is 0 Å². The summed E-state index contributed by atoms with van der Waals surface area (Å²) in [5.74, 6) is 0. The van der Waals surface area contributed by atoms with Gasteiger partial charge in [0.2, 0.25) is 0 Å². The molecule has 4 nitrogen and oxygen atoms in total. The SMILES string of the molecule is [NH-][C@H](c1ccccc1)[C@@H](NS(=O)(=O)C(F)(F)F)c1ccccc1. The zero-order valence-corrected chi connectivity index (χ0v) is 12.6. The summed E-state index contributed by atoms with van der Waals surface area (Å²) < 4.78 is 62.5. The van der Waals surface area contributed by atoms with Crippen LogP contribution in [0, 0.1) is 0 Å². The molecule has 0 unspecified atom stereocenters. The van der Waals surface area contributed by atoms with Crippen LogP contribution < -0.4 is 4.72 Å². The molecule has 124 valence electrons. The number of hydrogen-bond donors (Lipinski definition) is 1. The first-order valence-electron chi connectivity index (χ1n) is 6.62. The third-order valence-electron chi connectivity index (χ3n) is 3.24. The van der Waals surface area contributed by atoms with Crippen LogP contribution >= 0.6 is 0 Å². The van der Waals surface area contributed by atoms with Crippen molar-refractivity contribution in [2.75, 3.05) is 0 Å². The van der Waals surface area contributed by atoms with Crippen molar-refractivity contribution in [1.82, 2.24) is 4.72 Å². The molecule has 0 bridgehead atoms. The molecule has 0 spiro atoms. The second-order valence-electron chi connectivity index (χ2n) is 4.84. The molecule has 0 radical (unpaired) electrons. The fourth-order valence-corrected chi connectivity index (χ4v) is 2.82. The number of alkyl halides is 3. The highest BCUT2D eigenvalue weighted by Gasteiger charge is 2.47. The standard InChI is InChI=1S/C15H14F3N2O2S/c16-15(17,18)23(21,22)20-14(12-9-5-2-6-10-12)13(19)11-7-3-1-4-8-11/h1-10,13-14,19-20H/q-1/t13-,14+/m1/s1. The van der Waals surface area contributed by atoms with Crippen molar-refractivity contribution in [1.29, 1.82) is 0 Å². The Morgan fingerprint density at radius 1 is 0.870 bits per heavy atom. The van der Waals surface area contributed by atoms with Gasteiger partial charge in [0.25, 0.3) is 0 Å². The van der Waals surface area contributed by atoms with E-state index in [2.05, 4.69) is 0 Å². The van der Waals surface area contributed by atoms with Gasteiger partial charge in [-0.2, -0.15) is 13.2 Å². The lowest BCUT2D eigenvalue weighted by Gasteiger charge is -2.32. The maximum atomic E-state index is 12.7. The van der Waals surface area contributed by atoms with Gasteiger partial charge in [-0.3, -0.25) is 0 Å². The third-order valence-corrected chi connectivity index (χ3v) is 4.41. The zero-order chi connectivity index (χ0) is 17.1. The van der Waals surface area contributed by atoms with E-state index in [1.54, 1.807) is 53.3 Å². The lowest BCUT2D eigenvalue weighted by molar-refractivity contribution is -0.0451. The average molecular weight is 343 g/mol. The van der Waals surface area contributed by atoms with Gasteiger partial charge in [0.05, 0.1) is 0 Å². The van der Waals surface area contributed by atoms with Gasteiger partial charge in [-0.1, -0.05) is 72.3 Å². The molecule has 2 aromatic rings. The summed E-state index contributed by atoms with van der Waals surface area (Å²) in [4.78, 5) is 0. The minimum absolute atomic E-state index is 0.282. The Kier molecular flexibility index (Phi) is 5.08. The van der Waals surface area contributed by atoms with Crippen molar-refractivity contribution in [2.45, 2.75) is 17.6 Å². The number of benzene rings is 2. The molecule has 23 heavy (non-hydrogen) atoms. The Hall–Kier alpha value is -1.90. The lowest BCUT2D eigenvalue weighted by Crippen LogP contribution is -2.40. The molecule has 0 saturated carbocycles. The van der Waals surface area contributed by atoms with Crippen LogP contribution in [0.25, 0.3) is 5.73 Å². The van der Waals surface area contributed by atoms with E-state index in [1.165, 1.54) is 12.1 Å². The average Bonchev–Trinajstić information content (AvgIpc) is 2.52. The van der Waals surface area contributed by atoms with E-state index in [4.69, 9.17) is 5.73 Å². The first-order chi connectivity index (χ1) is 10.7. The molecule has 0 fully saturated rings. The molecule has 0 aliphatic carbocycles. The Bertz CT molecular complexity index is 734. The van der Waals surface area contributed by atoms with E-state index in [1.807, 2.05) is 0 Å². The predicted molar refractivity (Wildman–Crippen MR) is 80.8 cm³/mol. The topological polar surface area (TPSA) is 70.0 Å². The molecule has 0 heterocycles. The molecular formula is C15H14F3N2O2S-. The van der Waals surface area contributed by atoms with Crippen LogP contribution in [-0.4, -0.2) is 13.9 Å². The van der Waals surface area contributed by atoms with Gasteiger partial charge in [-0.05, 0) is 5.56 Å². The monoisotopic (exact) mass is 343 g/mol. The highest BCUT2D eigenvalue weighted by Crippen LogP contribution is 2.34. The summed E-state index contributed by atoms with van der Waals surface area (Å²) >= 11 is 0. The van der Waals surface area contributed by atoms with E-state index in [0.29, 0.717) is 5.56 Å². The van der Waals surface area contributed by atoms with Gasteiger partial charge >= 0.3 is 15.5 Å². The molecule has 8 heteroatoms. The van der Waals surface area contributed by atoms with Crippen molar-refractivity contribution < 1.29 is 21.6 Å². The third kappa shape index (κ3) is 4.10. The van der Waals surface area contributed by atoms with Gasteiger partial charge in [-0.25, -0.2) is 13.1 Å². The molecular weight excluding hydrogens is 329 g/mol. The number of nitrogens with one attached hydrogen (secondary N) is 2. The zero-order valence-electron chi connectivity index (χ0n) is 11.8. The summed E-state index contributed by atoms with van der Waals surface area (Å²) in [6.07, 6.45) is 0. The maximum absolute atomic E-state index is 12.7. The van der Waals surface area contributed by atoms with Gasteiger partial charge in [0.1, 0.15) is 0 Å². The van der Waals surface area contributed by atoms with Crippen LogP contribution in [0.4, 0.5) is 13.2 Å². The van der Waals surface area contributed by atoms with Gasteiger partial charge in [-0.15, -0.1) is 0 Å². The van der Waals surface area contributed by atoms with Crippen LogP contribution in [0.15, 0.2) is 60.7 Å². The van der Waals surface area contributed by atoms with E-state index in [9.17, 15) is 21.6 Å². The van der Waals surface area contributed by atoms with E-state index < -0.39 is 27.6 Å². The quantitative estimate of drug-likeness (QED) is 0.893. The summed E-state index contributed by atoms with van der Waals surface area (Å²) in [5.41, 5.74) is 3.45. The summed E-state index contributed by atoms with van der Waals surface area (Å²) in [6, 6.07) is 13.3. The summed E-state index contributed by atoms with van der Waals surface area (Å²) in [6.45, 7) is 0. The highest BCUT2D eigenvalue weighted by atomic mass is 32.2. The van der Waals surface area contributed by atoms with E-state index in [0.717, 1.165) is 0 Å². The molecule has 2 aromatic carbocycles. The van der Waals surface area contributed by atoms with Crippen molar-refractivity contribution >= 4 is 10.0 Å². The van der Waals surface area contributed by atoms with Crippen LogP contribution in [0.1, 0.15) is 23.2 Å². The van der Waals surface area contributed by atoms with Crippen LogP contribution in [0.2, 0.25) is 0 Å². The van der Waals surface area contributed by atoms with Crippen molar-refractivity contribution in [2.24, 2.45) is 0 Å². The smallest absolute Gasteiger partial charge is 0.511 e. The summed E-state index contributed by atoms with van der Waals surface area (Å²) in [7, 11) is -5.57. The molecule has 2 rings (SSSR count). The lowest BCUT2D eigenvalue weighted by atomic mass is 9.95. The van der Waals surface area contributed by atoms with E-state index >= 15 is 0 Å². The van der Waals surface area contributed by atoms with Crippen molar-refractivity contribution in [3.63, 3.8) is 0 Å². The fraction of sp³-hybridized carbons (Fsp3) is 0.200. The second kappa shape index (κ2) is 6.69. The molecule has 0 aromatic heterocycles. The van der Waals surface area contributed by atoms with Crippen molar-refractivity contribution in [3.05, 3.63) is 77.5 Å². The van der Waals surface area contributed by atoms with Gasteiger partial charge < -0.3 is 5.73 Å². The van der Waals surface area contributed by atoms with Gasteiger partial charge in [0.15, 0.2) is 0 Å². The maximum Gasteiger partial charge on any atom is 0.511 e. The summed E-state index contributed by atoms with van der Waals surface area (Å²) in [5, 5.41) is 0. The molecule has 2 N–H and O–H groups in total. The Morgan fingerprint density at radius 3 is 1.74 bits per heavy atom. The molecule has 0 aliphatic rings. The molecule has 0 saturated heterocycles. The van der Waals surface area contributed by atoms with E-state index in [-0.39, 0.29) is 5.56 Å². The second-order valence-corrected chi connectivity index (χ2v) is 6.55. The highest BCUT2D eigenvalue weighted by molar-refractivity contribution is 7.90. The number of hydrogen-bond acceptors (Lipinski definition) is 2. The molecule has 0 amide bonds. The Morgan fingerprint density at radius 2 is 1.30 bits per heavy atom. The van der Waals surface area contributed by atoms with Crippen LogP contribution in [0.5, 0.6) is 0 Å². The minimum atomic E-state index is -5.57. The fourth-order valence-electron chi connectivity index (χ4n) is 2.08. The Labute approximate surface area is 132 Å². The largest absolute Gasteiger partial charge is 0.669 e. The first kappa shape index (κ1) is 17.5. The minimum Gasteiger partial charge on any atom is -0.669 e.